The predicted molar refractivity (Wildman–Crippen MR) is 99.0 cm³/mol. The molecule has 1 N–H and O–H groups in total. The van der Waals surface area contributed by atoms with E-state index in [-0.39, 0.29) is 18.6 Å². The minimum absolute atomic E-state index is 0.111. The van der Waals surface area contributed by atoms with Crippen molar-refractivity contribution in [1.29, 1.82) is 0 Å². The molecule has 25 heavy (non-hydrogen) atoms. The molecule has 132 valence electrons. The van der Waals surface area contributed by atoms with E-state index in [1.54, 1.807) is 12.3 Å². The van der Waals surface area contributed by atoms with Crippen molar-refractivity contribution < 1.29 is 14.3 Å². The molecule has 0 unspecified atom stereocenters. The van der Waals surface area contributed by atoms with Crippen LogP contribution < -0.4 is 5.32 Å². The van der Waals surface area contributed by atoms with Crippen LogP contribution in [0.15, 0.2) is 53.3 Å². The molecule has 0 saturated heterocycles. The van der Waals surface area contributed by atoms with Crippen LogP contribution in [0.5, 0.6) is 0 Å². The van der Waals surface area contributed by atoms with Crippen molar-refractivity contribution in [2.75, 3.05) is 6.61 Å². The van der Waals surface area contributed by atoms with Gasteiger partial charge in [-0.1, -0.05) is 44.2 Å². The van der Waals surface area contributed by atoms with Gasteiger partial charge in [-0.15, -0.1) is 0 Å². The van der Waals surface area contributed by atoms with E-state index in [4.69, 9.17) is 4.74 Å². The smallest absolute Gasteiger partial charge is 0.340 e. The number of halogens is 1. The molecule has 0 aliphatic heterocycles. The molecule has 1 amide bonds. The summed E-state index contributed by atoms with van der Waals surface area (Å²) in [5.41, 5.74) is 1.33. The van der Waals surface area contributed by atoms with Gasteiger partial charge >= 0.3 is 5.97 Å². The molecule has 5 nitrogen and oxygen atoms in total. The van der Waals surface area contributed by atoms with E-state index >= 15 is 0 Å². The van der Waals surface area contributed by atoms with E-state index in [0.29, 0.717) is 16.0 Å². The molecular weight excluding hydrogens is 384 g/mol. The number of rotatable bonds is 7. The number of nitrogens with zero attached hydrogens (tertiary/aromatic N) is 1. The van der Waals surface area contributed by atoms with Gasteiger partial charge in [0.25, 0.3) is 5.91 Å². The standard InChI is InChI=1S/C19H21BrN2O3/c1-13(2)8-17(14-6-4-3-5-7-14)22-18(23)12-25-19(24)15-9-16(20)11-21-10-15/h3-7,9-11,13,17H,8,12H2,1-2H3,(H,22,23)/t17-/m0/s1. The molecule has 0 radical (unpaired) electrons. The molecule has 1 atom stereocenters. The second-order valence-electron chi connectivity index (χ2n) is 6.13. The number of hydrogen-bond acceptors (Lipinski definition) is 4. The number of ether oxygens (including phenoxy) is 1. The van der Waals surface area contributed by atoms with Crippen LogP contribution in [0.4, 0.5) is 0 Å². The van der Waals surface area contributed by atoms with Gasteiger partial charge in [0.2, 0.25) is 0 Å². The Labute approximate surface area is 155 Å². The fraction of sp³-hybridized carbons (Fsp3) is 0.316. The summed E-state index contributed by atoms with van der Waals surface area (Å²) in [7, 11) is 0. The third kappa shape index (κ3) is 6.31. The van der Waals surface area contributed by atoms with Gasteiger partial charge in [0.15, 0.2) is 6.61 Å². The van der Waals surface area contributed by atoms with Crippen LogP contribution in [0, 0.1) is 5.92 Å². The quantitative estimate of drug-likeness (QED) is 0.710. The summed E-state index contributed by atoms with van der Waals surface area (Å²) in [5.74, 6) is -0.490. The average Bonchev–Trinajstić information content (AvgIpc) is 2.59. The number of aromatic nitrogens is 1. The Kier molecular flexibility index (Phi) is 7.13. The molecule has 2 aromatic rings. The fourth-order valence-electron chi connectivity index (χ4n) is 2.41. The van der Waals surface area contributed by atoms with Gasteiger partial charge in [0, 0.05) is 16.9 Å². The van der Waals surface area contributed by atoms with Crippen molar-refractivity contribution in [3.8, 4) is 0 Å². The Morgan fingerprint density at radius 2 is 1.92 bits per heavy atom. The zero-order valence-corrected chi connectivity index (χ0v) is 15.8. The summed E-state index contributed by atoms with van der Waals surface area (Å²) in [4.78, 5) is 28.1. The van der Waals surface area contributed by atoms with Crippen molar-refractivity contribution in [2.24, 2.45) is 5.92 Å². The number of nitrogens with one attached hydrogen (secondary N) is 1. The maximum Gasteiger partial charge on any atom is 0.340 e. The van der Waals surface area contributed by atoms with Crippen molar-refractivity contribution in [3.63, 3.8) is 0 Å². The number of hydrogen-bond donors (Lipinski definition) is 1. The number of pyridine rings is 1. The van der Waals surface area contributed by atoms with Crippen LogP contribution in [-0.2, 0) is 9.53 Å². The van der Waals surface area contributed by atoms with Crippen molar-refractivity contribution in [2.45, 2.75) is 26.3 Å². The van der Waals surface area contributed by atoms with Crippen molar-refractivity contribution >= 4 is 27.8 Å². The molecule has 6 heteroatoms. The van der Waals surface area contributed by atoms with Gasteiger partial charge in [-0.25, -0.2) is 4.79 Å². The third-order valence-corrected chi connectivity index (χ3v) is 3.95. The molecule has 1 heterocycles. The van der Waals surface area contributed by atoms with Crippen LogP contribution >= 0.6 is 15.9 Å². The van der Waals surface area contributed by atoms with Gasteiger partial charge in [0.1, 0.15) is 0 Å². The largest absolute Gasteiger partial charge is 0.452 e. The summed E-state index contributed by atoms with van der Waals surface area (Å²) in [6.07, 6.45) is 3.77. The topological polar surface area (TPSA) is 68.3 Å². The second-order valence-corrected chi connectivity index (χ2v) is 7.04. The summed E-state index contributed by atoms with van der Waals surface area (Å²) >= 11 is 3.24. The van der Waals surface area contributed by atoms with Crippen LogP contribution in [-0.4, -0.2) is 23.5 Å². The second kappa shape index (κ2) is 9.32. The first kappa shape index (κ1) is 19.1. The first-order chi connectivity index (χ1) is 12.0. The monoisotopic (exact) mass is 404 g/mol. The molecule has 2 rings (SSSR count). The molecule has 0 saturated carbocycles. The van der Waals surface area contributed by atoms with Gasteiger partial charge in [0.05, 0.1) is 11.6 Å². The molecule has 0 bridgehead atoms. The highest BCUT2D eigenvalue weighted by atomic mass is 79.9. The number of esters is 1. The zero-order valence-electron chi connectivity index (χ0n) is 14.2. The lowest BCUT2D eigenvalue weighted by Gasteiger charge is -2.21. The van der Waals surface area contributed by atoms with E-state index in [2.05, 4.69) is 40.1 Å². The lowest BCUT2D eigenvalue weighted by atomic mass is 9.97. The van der Waals surface area contributed by atoms with E-state index in [1.165, 1.54) is 6.20 Å². The number of amides is 1. The predicted octanol–water partition coefficient (Wildman–Crippen LogP) is 3.90. The van der Waals surface area contributed by atoms with Gasteiger partial charge in [-0.05, 0) is 39.9 Å². The van der Waals surface area contributed by atoms with Crippen molar-refractivity contribution in [3.05, 3.63) is 64.4 Å². The first-order valence-electron chi connectivity index (χ1n) is 8.07. The van der Waals surface area contributed by atoms with E-state index < -0.39 is 5.97 Å². The highest BCUT2D eigenvalue weighted by molar-refractivity contribution is 9.10. The Bertz CT molecular complexity index is 720. The highest BCUT2D eigenvalue weighted by Gasteiger charge is 2.17. The van der Waals surface area contributed by atoms with Crippen LogP contribution in [0.3, 0.4) is 0 Å². The van der Waals surface area contributed by atoms with Crippen molar-refractivity contribution in [1.82, 2.24) is 10.3 Å². The lowest BCUT2D eigenvalue weighted by molar-refractivity contribution is -0.125. The van der Waals surface area contributed by atoms with Gasteiger partial charge in [-0.3, -0.25) is 9.78 Å². The Morgan fingerprint density at radius 3 is 2.56 bits per heavy atom. The maximum atomic E-state index is 12.2. The summed E-state index contributed by atoms with van der Waals surface area (Å²) in [6.45, 7) is 3.87. The number of carbonyl (C=O) groups is 2. The molecule has 0 aliphatic carbocycles. The molecule has 0 spiro atoms. The van der Waals surface area contributed by atoms with Crippen LogP contribution in [0.2, 0.25) is 0 Å². The lowest BCUT2D eigenvalue weighted by Crippen LogP contribution is -2.33. The summed E-state index contributed by atoms with van der Waals surface area (Å²) in [5, 5.41) is 2.94. The maximum absolute atomic E-state index is 12.2. The fourth-order valence-corrected chi connectivity index (χ4v) is 2.77. The van der Waals surface area contributed by atoms with E-state index in [9.17, 15) is 9.59 Å². The Morgan fingerprint density at radius 1 is 1.20 bits per heavy atom. The summed E-state index contributed by atoms with van der Waals surface area (Å²) in [6, 6.07) is 11.3. The highest BCUT2D eigenvalue weighted by Crippen LogP contribution is 2.21. The minimum Gasteiger partial charge on any atom is -0.452 e. The molecule has 0 fully saturated rings. The van der Waals surface area contributed by atoms with E-state index in [1.807, 2.05) is 30.3 Å². The Balaban J connectivity index is 1.93. The van der Waals surface area contributed by atoms with Gasteiger partial charge in [-0.2, -0.15) is 0 Å². The normalized spacial score (nSPS) is 11.8. The Hall–Kier alpha value is -2.21. The van der Waals surface area contributed by atoms with Crippen LogP contribution in [0.1, 0.15) is 42.2 Å². The minimum atomic E-state index is -0.580. The van der Waals surface area contributed by atoms with Crippen LogP contribution in [0.25, 0.3) is 0 Å². The number of carbonyl (C=O) groups excluding carboxylic acids is 2. The SMILES string of the molecule is CC(C)C[C@H](NC(=O)COC(=O)c1cncc(Br)c1)c1ccccc1. The molecular formula is C19H21BrN2O3. The molecule has 1 aromatic carbocycles. The zero-order chi connectivity index (χ0) is 18.2. The number of benzene rings is 1. The van der Waals surface area contributed by atoms with E-state index in [0.717, 1.165) is 12.0 Å². The van der Waals surface area contributed by atoms with Gasteiger partial charge < -0.3 is 10.1 Å². The summed E-state index contributed by atoms with van der Waals surface area (Å²) < 4.78 is 5.75. The average molecular weight is 405 g/mol. The molecule has 0 aliphatic rings. The third-order valence-electron chi connectivity index (χ3n) is 3.52. The molecule has 1 aromatic heterocycles. The first-order valence-corrected chi connectivity index (χ1v) is 8.87.